The fourth-order valence-electron chi connectivity index (χ4n) is 2.67. The first kappa shape index (κ1) is 22.6. The third-order valence-electron chi connectivity index (χ3n) is 4.63. The van der Waals surface area contributed by atoms with E-state index in [0.29, 0.717) is 34.2 Å². The predicted octanol–water partition coefficient (Wildman–Crippen LogP) is 4.41. The van der Waals surface area contributed by atoms with E-state index in [1.807, 2.05) is 26.0 Å². The van der Waals surface area contributed by atoms with Crippen molar-refractivity contribution in [1.82, 2.24) is 4.90 Å². The number of benzene rings is 2. The van der Waals surface area contributed by atoms with Crippen LogP contribution in [0.4, 0.5) is 5.69 Å². The van der Waals surface area contributed by atoms with Crippen LogP contribution in [-0.4, -0.2) is 44.0 Å². The van der Waals surface area contributed by atoms with Gasteiger partial charge in [0, 0.05) is 31.1 Å². The Bertz CT molecular complexity index is 861. The number of nitrogens with one attached hydrogen (secondary N) is 1. The van der Waals surface area contributed by atoms with Crippen molar-refractivity contribution in [2.45, 2.75) is 32.7 Å². The van der Waals surface area contributed by atoms with Gasteiger partial charge in [-0.05, 0) is 56.2 Å². The molecule has 0 atom stereocenters. The normalized spacial score (nSPS) is 10.6. The van der Waals surface area contributed by atoms with Gasteiger partial charge < -0.3 is 19.7 Å². The number of methoxy groups -OCH3 is 2. The van der Waals surface area contributed by atoms with Crippen molar-refractivity contribution in [2.75, 3.05) is 26.6 Å². The lowest BCUT2D eigenvalue weighted by Gasteiger charge is -2.22. The Morgan fingerprint density at radius 3 is 2.24 bits per heavy atom. The molecular weight excluding hydrogens is 392 g/mol. The van der Waals surface area contributed by atoms with Gasteiger partial charge in [0.25, 0.3) is 5.91 Å². The molecule has 1 N–H and O–H groups in total. The Hall–Kier alpha value is -2.73. The van der Waals surface area contributed by atoms with Crippen molar-refractivity contribution >= 4 is 29.1 Å². The monoisotopic (exact) mass is 418 g/mol. The second-order valence-corrected chi connectivity index (χ2v) is 7.38. The van der Waals surface area contributed by atoms with Crippen LogP contribution in [0.3, 0.4) is 0 Å². The van der Waals surface area contributed by atoms with Crippen molar-refractivity contribution in [3.63, 3.8) is 0 Å². The molecule has 156 valence electrons. The van der Waals surface area contributed by atoms with Crippen LogP contribution in [0, 0.1) is 0 Å². The lowest BCUT2D eigenvalue weighted by molar-refractivity contribution is -0.116. The number of hydrogen-bond acceptors (Lipinski definition) is 4. The van der Waals surface area contributed by atoms with E-state index in [2.05, 4.69) is 5.32 Å². The van der Waals surface area contributed by atoms with Crippen LogP contribution < -0.4 is 14.8 Å². The first-order valence-corrected chi connectivity index (χ1v) is 9.71. The predicted molar refractivity (Wildman–Crippen MR) is 115 cm³/mol. The van der Waals surface area contributed by atoms with Crippen molar-refractivity contribution in [1.29, 1.82) is 0 Å². The average Bonchev–Trinajstić information content (AvgIpc) is 2.72. The van der Waals surface area contributed by atoms with Crippen molar-refractivity contribution in [3.05, 3.63) is 52.5 Å². The van der Waals surface area contributed by atoms with Gasteiger partial charge in [-0.1, -0.05) is 11.6 Å². The van der Waals surface area contributed by atoms with Gasteiger partial charge in [0.05, 0.1) is 24.9 Å². The molecule has 0 fully saturated rings. The van der Waals surface area contributed by atoms with Gasteiger partial charge in [-0.2, -0.15) is 0 Å². The molecule has 0 spiro atoms. The summed E-state index contributed by atoms with van der Waals surface area (Å²) < 4.78 is 10.5. The standard InChI is InChI=1S/C22H27ClN2O4/c1-14(2)25(3)22(27)16-7-8-19(23)20(12-16)24-21(26)9-6-15-10-17(28-4)13-18(11-15)29-5/h7-8,10-14H,6,9H2,1-5H3,(H,24,26). The fraction of sp³-hybridized carbons (Fsp3) is 0.364. The smallest absolute Gasteiger partial charge is 0.253 e. The number of hydrogen-bond donors (Lipinski definition) is 1. The second-order valence-electron chi connectivity index (χ2n) is 6.97. The molecule has 2 aromatic carbocycles. The molecular formula is C22H27ClN2O4. The highest BCUT2D eigenvalue weighted by atomic mass is 35.5. The van der Waals surface area contributed by atoms with Crippen LogP contribution in [0.1, 0.15) is 36.2 Å². The molecule has 6 nitrogen and oxygen atoms in total. The SMILES string of the molecule is COc1cc(CCC(=O)Nc2cc(C(=O)N(C)C(C)C)ccc2Cl)cc(OC)c1. The van der Waals surface area contributed by atoms with Gasteiger partial charge in [-0.3, -0.25) is 9.59 Å². The Morgan fingerprint density at radius 2 is 1.69 bits per heavy atom. The second kappa shape index (κ2) is 10.2. The summed E-state index contributed by atoms with van der Waals surface area (Å²) in [6, 6.07) is 10.5. The largest absolute Gasteiger partial charge is 0.497 e. The highest BCUT2D eigenvalue weighted by Gasteiger charge is 2.16. The van der Waals surface area contributed by atoms with E-state index in [1.165, 1.54) is 0 Å². The quantitative estimate of drug-likeness (QED) is 0.689. The summed E-state index contributed by atoms with van der Waals surface area (Å²) in [6.07, 6.45) is 0.752. The van der Waals surface area contributed by atoms with Crippen LogP contribution in [-0.2, 0) is 11.2 Å². The van der Waals surface area contributed by atoms with Crippen LogP contribution in [0.2, 0.25) is 5.02 Å². The van der Waals surface area contributed by atoms with Crippen LogP contribution >= 0.6 is 11.6 Å². The minimum absolute atomic E-state index is 0.0658. The topological polar surface area (TPSA) is 67.9 Å². The van der Waals surface area contributed by atoms with Gasteiger partial charge in [-0.15, -0.1) is 0 Å². The molecule has 0 saturated carbocycles. The maximum absolute atomic E-state index is 12.5. The molecule has 2 amide bonds. The van der Waals surface area contributed by atoms with Crippen molar-refractivity contribution < 1.29 is 19.1 Å². The maximum atomic E-state index is 12.5. The van der Waals surface area contributed by atoms with Gasteiger partial charge in [-0.25, -0.2) is 0 Å². The number of carbonyl (C=O) groups excluding carboxylic acids is 2. The zero-order valence-corrected chi connectivity index (χ0v) is 18.2. The third-order valence-corrected chi connectivity index (χ3v) is 4.96. The summed E-state index contributed by atoms with van der Waals surface area (Å²) in [5.74, 6) is 1.01. The van der Waals surface area contributed by atoms with Crippen LogP contribution in [0.15, 0.2) is 36.4 Å². The van der Waals surface area contributed by atoms with E-state index < -0.39 is 0 Å². The van der Waals surface area contributed by atoms with E-state index in [9.17, 15) is 9.59 Å². The molecule has 29 heavy (non-hydrogen) atoms. The molecule has 0 aromatic heterocycles. The number of halogens is 1. The lowest BCUT2D eigenvalue weighted by atomic mass is 10.1. The van der Waals surface area contributed by atoms with E-state index in [4.69, 9.17) is 21.1 Å². The minimum Gasteiger partial charge on any atom is -0.497 e. The third kappa shape index (κ3) is 6.12. The summed E-state index contributed by atoms with van der Waals surface area (Å²) in [7, 11) is 4.90. The number of anilines is 1. The minimum atomic E-state index is -0.199. The molecule has 0 saturated heterocycles. The number of amides is 2. The number of rotatable bonds is 8. The van der Waals surface area contributed by atoms with E-state index >= 15 is 0 Å². The summed E-state index contributed by atoms with van der Waals surface area (Å²) in [5, 5.41) is 3.18. The number of aryl methyl sites for hydroxylation is 1. The zero-order chi connectivity index (χ0) is 21.6. The molecule has 0 aliphatic heterocycles. The number of nitrogens with zero attached hydrogens (tertiary/aromatic N) is 1. The number of ether oxygens (including phenoxy) is 2. The summed E-state index contributed by atoms with van der Waals surface area (Å²) in [5.41, 5.74) is 1.81. The molecule has 0 radical (unpaired) electrons. The summed E-state index contributed by atoms with van der Waals surface area (Å²) >= 11 is 6.21. The molecule has 2 aromatic rings. The van der Waals surface area contributed by atoms with Gasteiger partial charge in [0.1, 0.15) is 11.5 Å². The van der Waals surface area contributed by atoms with Gasteiger partial charge in [0.15, 0.2) is 0 Å². The molecule has 0 aliphatic rings. The van der Waals surface area contributed by atoms with Gasteiger partial charge >= 0.3 is 0 Å². The van der Waals surface area contributed by atoms with Crippen LogP contribution in [0.5, 0.6) is 11.5 Å². The Kier molecular flexibility index (Phi) is 7.91. The van der Waals surface area contributed by atoms with Crippen molar-refractivity contribution in [2.24, 2.45) is 0 Å². The van der Waals surface area contributed by atoms with Gasteiger partial charge in [0.2, 0.25) is 5.91 Å². The molecule has 2 rings (SSSR count). The Morgan fingerprint density at radius 1 is 1.07 bits per heavy atom. The van der Waals surface area contributed by atoms with E-state index in [-0.39, 0.29) is 24.3 Å². The summed E-state index contributed by atoms with van der Waals surface area (Å²) in [4.78, 5) is 26.6. The fourth-order valence-corrected chi connectivity index (χ4v) is 2.84. The zero-order valence-electron chi connectivity index (χ0n) is 17.4. The maximum Gasteiger partial charge on any atom is 0.253 e. The molecule has 7 heteroatoms. The average molecular weight is 419 g/mol. The highest BCUT2D eigenvalue weighted by Crippen LogP contribution is 2.26. The first-order chi connectivity index (χ1) is 13.7. The van der Waals surface area contributed by atoms with Crippen molar-refractivity contribution in [3.8, 4) is 11.5 Å². The van der Waals surface area contributed by atoms with Crippen LogP contribution in [0.25, 0.3) is 0 Å². The molecule has 0 unspecified atom stereocenters. The number of carbonyl (C=O) groups is 2. The summed E-state index contributed by atoms with van der Waals surface area (Å²) in [6.45, 7) is 3.87. The Labute approximate surface area is 176 Å². The highest BCUT2D eigenvalue weighted by molar-refractivity contribution is 6.33. The van der Waals surface area contributed by atoms with E-state index in [0.717, 1.165) is 5.56 Å². The lowest BCUT2D eigenvalue weighted by Crippen LogP contribution is -2.33. The van der Waals surface area contributed by atoms with E-state index in [1.54, 1.807) is 50.4 Å². The Balaban J connectivity index is 2.07. The first-order valence-electron chi connectivity index (χ1n) is 9.33. The molecule has 0 bridgehead atoms. The molecule has 0 heterocycles. The molecule has 0 aliphatic carbocycles.